The highest BCUT2D eigenvalue weighted by Gasteiger charge is 2.44. The number of halogens is 3. The molecule has 5 rings (SSSR count). The van der Waals surface area contributed by atoms with Gasteiger partial charge in [0.05, 0.1) is 11.5 Å². The van der Waals surface area contributed by atoms with Crippen LogP contribution < -0.4 is 21.3 Å². The summed E-state index contributed by atoms with van der Waals surface area (Å²) in [7, 11) is 1.55. The normalized spacial score (nSPS) is 22.6. The van der Waals surface area contributed by atoms with E-state index in [0.717, 1.165) is 29.7 Å². The van der Waals surface area contributed by atoms with Gasteiger partial charge in [-0.1, -0.05) is 0 Å². The molecule has 0 aromatic carbocycles. The third-order valence-corrected chi connectivity index (χ3v) is 8.15. The largest absolute Gasteiger partial charge is 0.359 e. The number of hydrogen-bond donors (Lipinski definition) is 4. The van der Waals surface area contributed by atoms with Crippen LogP contribution in [-0.2, 0) is 24.7 Å². The van der Waals surface area contributed by atoms with E-state index in [-0.39, 0.29) is 29.2 Å². The lowest BCUT2D eigenvalue weighted by molar-refractivity contribution is -0.117. The number of carbonyl (C=O) groups is 2. The molecule has 0 radical (unpaired) electrons. The van der Waals surface area contributed by atoms with Gasteiger partial charge in [0.1, 0.15) is 22.7 Å². The summed E-state index contributed by atoms with van der Waals surface area (Å²) in [4.78, 5) is 26.6. The van der Waals surface area contributed by atoms with E-state index in [4.69, 9.17) is 12.2 Å². The van der Waals surface area contributed by atoms with E-state index in [1.54, 1.807) is 7.05 Å². The maximum absolute atomic E-state index is 13.4. The SMILES string of the molecule is Cn1nc(C(F)F)cc1NC(=S)NC1CCc2sc(NC(=O)[C@H]3C[C@@H]3F)c(C(=O)NCC3CC3)c2C1. The number of nitrogens with one attached hydrogen (secondary N) is 4. The molecular formula is C23H27F3N6O2S2. The Morgan fingerprint density at radius 1 is 1.28 bits per heavy atom. The van der Waals surface area contributed by atoms with Crippen molar-refractivity contribution in [3.05, 3.63) is 27.8 Å². The first-order valence-corrected chi connectivity index (χ1v) is 13.2. The van der Waals surface area contributed by atoms with Gasteiger partial charge in [-0.3, -0.25) is 14.3 Å². The number of aromatic nitrogens is 2. The maximum atomic E-state index is 13.4. The van der Waals surface area contributed by atoms with Crippen LogP contribution in [0.5, 0.6) is 0 Å². The average molecular weight is 541 g/mol. The summed E-state index contributed by atoms with van der Waals surface area (Å²) in [6.07, 6.45) is 0.506. The molecule has 0 spiro atoms. The van der Waals surface area contributed by atoms with E-state index in [1.807, 2.05) is 0 Å². The van der Waals surface area contributed by atoms with Gasteiger partial charge in [-0.25, -0.2) is 13.2 Å². The first kappa shape index (κ1) is 25.0. The van der Waals surface area contributed by atoms with Crippen molar-refractivity contribution in [1.82, 2.24) is 20.4 Å². The second-order valence-electron chi connectivity index (χ2n) is 9.63. The summed E-state index contributed by atoms with van der Waals surface area (Å²) >= 11 is 6.77. The highest BCUT2D eigenvalue weighted by molar-refractivity contribution is 7.80. The minimum atomic E-state index is -2.68. The standard InChI is InChI=1S/C23H27F3N6O2S2/c1-32-17(8-15(31-32)19(25)26)29-23(35)28-11-4-5-16-13(6-11)18(21(34)27-9-10-2-3-10)22(36-16)30-20(33)12-7-14(12)24/h8,10-12,14,19H,2-7,9H2,1H3,(H,27,34)(H,30,33)(H2,28,29,35)/t11?,12-,14-/m0/s1. The Hall–Kier alpha value is -2.67. The van der Waals surface area contributed by atoms with Crippen molar-refractivity contribution >= 4 is 51.3 Å². The van der Waals surface area contributed by atoms with E-state index in [9.17, 15) is 22.8 Å². The van der Waals surface area contributed by atoms with Gasteiger partial charge in [-0.05, 0) is 62.2 Å². The number of thiophene rings is 1. The minimum Gasteiger partial charge on any atom is -0.359 e. The van der Waals surface area contributed by atoms with Gasteiger partial charge in [0.25, 0.3) is 12.3 Å². The molecule has 3 atom stereocenters. The molecule has 0 saturated heterocycles. The van der Waals surface area contributed by atoms with Crippen molar-refractivity contribution in [3.63, 3.8) is 0 Å². The zero-order chi connectivity index (χ0) is 25.6. The van der Waals surface area contributed by atoms with E-state index in [0.29, 0.717) is 41.7 Å². The molecule has 4 N–H and O–H groups in total. The van der Waals surface area contributed by atoms with Gasteiger partial charge >= 0.3 is 0 Å². The zero-order valence-corrected chi connectivity index (χ0v) is 21.2. The first-order chi connectivity index (χ1) is 17.2. The van der Waals surface area contributed by atoms with Crippen LogP contribution in [0.2, 0.25) is 0 Å². The Labute approximate surface area is 215 Å². The van der Waals surface area contributed by atoms with Gasteiger partial charge in [0.15, 0.2) is 5.11 Å². The second-order valence-corrected chi connectivity index (χ2v) is 11.1. The lowest BCUT2D eigenvalue weighted by atomic mass is 9.91. The second kappa shape index (κ2) is 10.0. The summed E-state index contributed by atoms with van der Waals surface area (Å²) in [6, 6.07) is 1.14. The summed E-state index contributed by atoms with van der Waals surface area (Å²) in [5.74, 6) is -0.446. The number of alkyl halides is 3. The van der Waals surface area contributed by atoms with Crippen molar-refractivity contribution < 1.29 is 22.8 Å². The third kappa shape index (κ3) is 5.51. The van der Waals surface area contributed by atoms with Crippen molar-refractivity contribution in [2.45, 2.75) is 57.2 Å². The number of rotatable bonds is 8. The third-order valence-electron chi connectivity index (χ3n) is 6.72. The van der Waals surface area contributed by atoms with Crippen molar-refractivity contribution in [1.29, 1.82) is 0 Å². The highest BCUT2D eigenvalue weighted by Crippen LogP contribution is 2.41. The molecular weight excluding hydrogens is 513 g/mol. The van der Waals surface area contributed by atoms with Crippen LogP contribution in [-0.4, -0.2) is 45.5 Å². The predicted molar refractivity (Wildman–Crippen MR) is 134 cm³/mol. The van der Waals surface area contributed by atoms with Gasteiger partial charge in [-0.2, -0.15) is 5.10 Å². The molecule has 8 nitrogen and oxygen atoms in total. The number of thiocarbonyl (C=S) groups is 1. The predicted octanol–water partition coefficient (Wildman–Crippen LogP) is 3.70. The van der Waals surface area contributed by atoms with Crippen molar-refractivity contribution in [2.75, 3.05) is 17.2 Å². The fourth-order valence-corrected chi connectivity index (χ4v) is 5.89. The van der Waals surface area contributed by atoms with Crippen LogP contribution >= 0.6 is 23.6 Å². The van der Waals surface area contributed by atoms with Gasteiger partial charge in [-0.15, -0.1) is 11.3 Å². The topological polar surface area (TPSA) is 100 Å². The van der Waals surface area contributed by atoms with Crippen molar-refractivity contribution in [3.8, 4) is 0 Å². The number of nitrogens with zero attached hydrogens (tertiary/aromatic N) is 2. The van der Waals surface area contributed by atoms with Crippen LogP contribution in [0.1, 0.15) is 58.6 Å². The molecule has 3 aliphatic carbocycles. The fraction of sp³-hybridized carbons (Fsp3) is 0.565. The number of anilines is 2. The molecule has 2 aromatic heterocycles. The van der Waals surface area contributed by atoms with Crippen LogP contribution in [0.3, 0.4) is 0 Å². The van der Waals surface area contributed by atoms with Gasteiger partial charge < -0.3 is 21.3 Å². The zero-order valence-electron chi connectivity index (χ0n) is 19.6. The highest BCUT2D eigenvalue weighted by atomic mass is 32.1. The summed E-state index contributed by atoms with van der Waals surface area (Å²) in [6.45, 7) is 0.590. The van der Waals surface area contributed by atoms with E-state index >= 15 is 0 Å². The van der Waals surface area contributed by atoms with Crippen molar-refractivity contribution in [2.24, 2.45) is 18.9 Å². The summed E-state index contributed by atoms with van der Waals surface area (Å²) in [5.41, 5.74) is 0.951. The lowest BCUT2D eigenvalue weighted by Crippen LogP contribution is -2.41. The molecule has 194 valence electrons. The van der Waals surface area contributed by atoms with Crippen LogP contribution in [0.15, 0.2) is 6.07 Å². The van der Waals surface area contributed by atoms with Crippen LogP contribution in [0.4, 0.5) is 24.0 Å². The van der Waals surface area contributed by atoms with Crippen LogP contribution in [0.25, 0.3) is 0 Å². The molecule has 0 bridgehead atoms. The van der Waals surface area contributed by atoms with E-state index in [2.05, 4.69) is 26.4 Å². The van der Waals surface area contributed by atoms with E-state index < -0.39 is 24.4 Å². The Balaban J connectivity index is 1.29. The Kier molecular flexibility index (Phi) is 6.95. The minimum absolute atomic E-state index is 0.105. The molecule has 36 heavy (non-hydrogen) atoms. The average Bonchev–Trinajstić information content (AvgIpc) is 3.72. The quantitative estimate of drug-likeness (QED) is 0.381. The molecule has 13 heteroatoms. The maximum Gasteiger partial charge on any atom is 0.282 e. The number of carbonyl (C=O) groups excluding carboxylic acids is 2. The molecule has 2 fully saturated rings. The molecule has 2 heterocycles. The summed E-state index contributed by atoms with van der Waals surface area (Å²) in [5, 5.41) is 16.4. The van der Waals surface area contributed by atoms with Gasteiger partial charge in [0.2, 0.25) is 5.91 Å². The Morgan fingerprint density at radius 2 is 2.03 bits per heavy atom. The number of fused-ring (bicyclic) bond motifs is 1. The molecule has 2 saturated carbocycles. The first-order valence-electron chi connectivity index (χ1n) is 12.0. The monoisotopic (exact) mass is 540 g/mol. The fourth-order valence-electron chi connectivity index (χ4n) is 4.37. The number of aryl methyl sites for hydroxylation is 2. The molecule has 2 aromatic rings. The Bertz CT molecular complexity index is 1190. The lowest BCUT2D eigenvalue weighted by Gasteiger charge is -2.25. The molecule has 1 unspecified atom stereocenters. The number of amides is 2. The van der Waals surface area contributed by atoms with Gasteiger partial charge in [0, 0.05) is 30.6 Å². The molecule has 2 amide bonds. The smallest absolute Gasteiger partial charge is 0.282 e. The number of hydrogen-bond acceptors (Lipinski definition) is 5. The molecule has 0 aliphatic heterocycles. The summed E-state index contributed by atoms with van der Waals surface area (Å²) < 4.78 is 40.6. The van der Waals surface area contributed by atoms with Crippen LogP contribution in [0, 0.1) is 11.8 Å². The van der Waals surface area contributed by atoms with E-state index in [1.165, 1.54) is 22.1 Å². The molecule has 3 aliphatic rings. The Morgan fingerprint density at radius 3 is 2.67 bits per heavy atom.